The van der Waals surface area contributed by atoms with Gasteiger partial charge in [0.25, 0.3) is 5.91 Å². The lowest BCUT2D eigenvalue weighted by atomic mass is 10.1. The number of amides is 1. The van der Waals surface area contributed by atoms with Crippen LogP contribution in [0.2, 0.25) is 0 Å². The summed E-state index contributed by atoms with van der Waals surface area (Å²) in [7, 11) is 3.52. The smallest absolute Gasteiger partial charge is 0.269 e. The molecule has 0 spiro atoms. The Morgan fingerprint density at radius 3 is 3.08 bits per heavy atom. The van der Waals surface area contributed by atoms with E-state index in [0.717, 1.165) is 31.8 Å². The third kappa shape index (κ3) is 3.94. The van der Waals surface area contributed by atoms with E-state index in [-0.39, 0.29) is 5.91 Å². The van der Waals surface area contributed by atoms with Crippen LogP contribution in [0.25, 0.3) is 0 Å². The molecule has 1 atom stereocenters. The van der Waals surface area contributed by atoms with Gasteiger partial charge in [-0.3, -0.25) is 9.69 Å². The van der Waals surface area contributed by atoms with Crippen molar-refractivity contribution in [3.63, 3.8) is 0 Å². The van der Waals surface area contributed by atoms with E-state index < -0.39 is 0 Å². The number of methoxy groups -OCH3 is 1. The highest BCUT2D eigenvalue weighted by molar-refractivity contribution is 5.92. The number of carbonyl (C=O) groups is 1. The minimum absolute atomic E-state index is 0.0544. The third-order valence-corrected chi connectivity index (χ3v) is 4.51. The summed E-state index contributed by atoms with van der Waals surface area (Å²) in [5.74, 6) is 1.33. The Morgan fingerprint density at radius 2 is 2.33 bits per heavy atom. The number of carbonyl (C=O) groups excluding carboxylic acids is 1. The Labute approximate surface area is 142 Å². The predicted octanol–water partition coefficient (Wildman–Crippen LogP) is 1.68. The summed E-state index contributed by atoms with van der Waals surface area (Å²) in [5.41, 5.74) is 1.86. The van der Waals surface area contributed by atoms with Gasteiger partial charge in [0.1, 0.15) is 11.4 Å². The topological polar surface area (TPSA) is 59.4 Å². The summed E-state index contributed by atoms with van der Waals surface area (Å²) in [6.45, 7) is 3.69. The number of aryl methyl sites for hydroxylation is 1. The van der Waals surface area contributed by atoms with Gasteiger partial charge in [-0.2, -0.15) is 0 Å². The fourth-order valence-electron chi connectivity index (χ4n) is 3.16. The van der Waals surface area contributed by atoms with Crippen LogP contribution in [0.1, 0.15) is 22.5 Å². The molecule has 1 aromatic carbocycles. The fraction of sp³-hybridized carbons (Fsp3) is 0.444. The Morgan fingerprint density at radius 1 is 1.46 bits per heavy atom. The number of hydrogen-bond donors (Lipinski definition) is 1. The summed E-state index contributed by atoms with van der Waals surface area (Å²) in [6.07, 6.45) is 4.34. The molecule has 1 fully saturated rings. The molecule has 128 valence electrons. The first-order valence-electron chi connectivity index (χ1n) is 8.25. The van der Waals surface area contributed by atoms with Gasteiger partial charge >= 0.3 is 0 Å². The minimum atomic E-state index is -0.0544. The van der Waals surface area contributed by atoms with Crippen molar-refractivity contribution in [2.24, 2.45) is 13.0 Å². The largest absolute Gasteiger partial charge is 0.497 e. The molecule has 0 aliphatic carbocycles. The van der Waals surface area contributed by atoms with Crippen molar-refractivity contribution in [1.82, 2.24) is 19.8 Å². The highest BCUT2D eigenvalue weighted by Gasteiger charge is 2.23. The molecule has 24 heavy (non-hydrogen) atoms. The number of nitrogens with one attached hydrogen (secondary N) is 1. The van der Waals surface area contributed by atoms with Crippen LogP contribution in [0.3, 0.4) is 0 Å². The van der Waals surface area contributed by atoms with Crippen molar-refractivity contribution in [3.8, 4) is 5.75 Å². The summed E-state index contributed by atoms with van der Waals surface area (Å²) >= 11 is 0. The Balaban J connectivity index is 1.47. The molecule has 1 aromatic heterocycles. The number of imidazole rings is 1. The fourth-order valence-corrected chi connectivity index (χ4v) is 3.16. The molecule has 1 N–H and O–H groups in total. The predicted molar refractivity (Wildman–Crippen MR) is 91.9 cm³/mol. The molecule has 1 aliphatic rings. The zero-order valence-electron chi connectivity index (χ0n) is 14.2. The maximum Gasteiger partial charge on any atom is 0.269 e. The van der Waals surface area contributed by atoms with E-state index in [2.05, 4.69) is 27.3 Å². The van der Waals surface area contributed by atoms with Gasteiger partial charge in [0.2, 0.25) is 0 Å². The second-order valence-electron chi connectivity index (χ2n) is 6.34. The van der Waals surface area contributed by atoms with E-state index in [0.29, 0.717) is 18.2 Å². The highest BCUT2D eigenvalue weighted by atomic mass is 16.5. The van der Waals surface area contributed by atoms with Gasteiger partial charge in [0, 0.05) is 26.7 Å². The highest BCUT2D eigenvalue weighted by Crippen LogP contribution is 2.20. The third-order valence-electron chi connectivity index (χ3n) is 4.51. The molecule has 6 heteroatoms. The summed E-state index contributed by atoms with van der Waals surface area (Å²) in [6, 6.07) is 8.19. The molecule has 2 aromatic rings. The minimum Gasteiger partial charge on any atom is -0.497 e. The first-order chi connectivity index (χ1) is 11.7. The van der Waals surface area contributed by atoms with Crippen molar-refractivity contribution in [2.75, 3.05) is 26.7 Å². The van der Waals surface area contributed by atoms with Gasteiger partial charge in [0.15, 0.2) is 0 Å². The molecule has 0 saturated carbocycles. The van der Waals surface area contributed by atoms with Crippen molar-refractivity contribution in [3.05, 3.63) is 48.0 Å². The zero-order chi connectivity index (χ0) is 16.9. The summed E-state index contributed by atoms with van der Waals surface area (Å²) in [5, 5.41) is 3.02. The standard InChI is InChI=1S/C18H24N4O2/c1-21-13-19-10-17(21)18(23)20-9-15-6-7-22(12-15)11-14-4-3-5-16(8-14)24-2/h3-5,8,10,13,15H,6-7,9,11-12H2,1-2H3,(H,20,23). The SMILES string of the molecule is COc1cccc(CN2CCC(CNC(=O)c3cncn3C)C2)c1. The van der Waals surface area contributed by atoms with E-state index in [1.54, 1.807) is 24.2 Å². The van der Waals surface area contributed by atoms with Crippen LogP contribution in [-0.4, -0.2) is 47.1 Å². The molecule has 1 saturated heterocycles. The van der Waals surface area contributed by atoms with Crippen LogP contribution >= 0.6 is 0 Å². The van der Waals surface area contributed by atoms with Gasteiger partial charge in [-0.05, 0) is 36.6 Å². The summed E-state index contributed by atoms with van der Waals surface area (Å²) in [4.78, 5) is 18.5. The number of ether oxygens (including phenoxy) is 1. The van der Waals surface area contributed by atoms with Crippen LogP contribution in [-0.2, 0) is 13.6 Å². The second kappa shape index (κ2) is 7.49. The number of benzene rings is 1. The van der Waals surface area contributed by atoms with Crippen LogP contribution < -0.4 is 10.1 Å². The molecule has 0 bridgehead atoms. The van der Waals surface area contributed by atoms with Gasteiger partial charge in [-0.25, -0.2) is 4.98 Å². The van der Waals surface area contributed by atoms with E-state index in [1.165, 1.54) is 5.56 Å². The quantitative estimate of drug-likeness (QED) is 0.876. The van der Waals surface area contributed by atoms with Crippen LogP contribution in [0.15, 0.2) is 36.8 Å². The molecular weight excluding hydrogens is 304 g/mol. The maximum absolute atomic E-state index is 12.1. The molecule has 1 amide bonds. The molecular formula is C18H24N4O2. The van der Waals surface area contributed by atoms with Crippen LogP contribution in [0.5, 0.6) is 5.75 Å². The monoisotopic (exact) mass is 328 g/mol. The molecule has 1 aliphatic heterocycles. The lowest BCUT2D eigenvalue weighted by molar-refractivity contribution is 0.0939. The van der Waals surface area contributed by atoms with Crippen LogP contribution in [0.4, 0.5) is 0 Å². The second-order valence-corrected chi connectivity index (χ2v) is 6.34. The Kier molecular flexibility index (Phi) is 5.15. The van der Waals surface area contributed by atoms with E-state index in [4.69, 9.17) is 4.74 Å². The van der Waals surface area contributed by atoms with Gasteiger partial charge < -0.3 is 14.6 Å². The molecule has 2 heterocycles. The number of rotatable bonds is 6. The number of hydrogen-bond acceptors (Lipinski definition) is 4. The Hall–Kier alpha value is -2.34. The average molecular weight is 328 g/mol. The molecule has 6 nitrogen and oxygen atoms in total. The van der Waals surface area contributed by atoms with Crippen molar-refractivity contribution in [2.45, 2.75) is 13.0 Å². The first-order valence-corrected chi connectivity index (χ1v) is 8.25. The average Bonchev–Trinajstić information content (AvgIpc) is 3.22. The normalized spacial score (nSPS) is 17.8. The first kappa shape index (κ1) is 16.5. The lowest BCUT2D eigenvalue weighted by Gasteiger charge is -2.17. The van der Waals surface area contributed by atoms with E-state index in [1.807, 2.05) is 19.2 Å². The van der Waals surface area contributed by atoms with Crippen LogP contribution in [0, 0.1) is 5.92 Å². The number of likely N-dealkylation sites (tertiary alicyclic amines) is 1. The molecule has 1 unspecified atom stereocenters. The summed E-state index contributed by atoms with van der Waals surface area (Å²) < 4.78 is 7.01. The van der Waals surface area contributed by atoms with Crippen molar-refractivity contribution < 1.29 is 9.53 Å². The molecule has 3 rings (SSSR count). The van der Waals surface area contributed by atoms with Gasteiger partial charge in [-0.1, -0.05) is 12.1 Å². The van der Waals surface area contributed by atoms with Crippen molar-refractivity contribution in [1.29, 1.82) is 0 Å². The zero-order valence-corrected chi connectivity index (χ0v) is 14.2. The van der Waals surface area contributed by atoms with Gasteiger partial charge in [0.05, 0.1) is 19.6 Å². The van der Waals surface area contributed by atoms with Crippen molar-refractivity contribution >= 4 is 5.91 Å². The Bertz CT molecular complexity index is 698. The maximum atomic E-state index is 12.1. The van der Waals surface area contributed by atoms with E-state index >= 15 is 0 Å². The number of aromatic nitrogens is 2. The lowest BCUT2D eigenvalue weighted by Crippen LogP contribution is -2.31. The molecule has 0 radical (unpaired) electrons. The van der Waals surface area contributed by atoms with Gasteiger partial charge in [-0.15, -0.1) is 0 Å². The van der Waals surface area contributed by atoms with E-state index in [9.17, 15) is 4.79 Å². The number of nitrogens with zero attached hydrogens (tertiary/aromatic N) is 3.